The first kappa shape index (κ1) is 42.5. The van der Waals surface area contributed by atoms with Gasteiger partial charge in [0.05, 0.1) is 21.6 Å². The molecule has 328 valence electrons. The largest absolute Gasteiger partial charge is 0.455 e. The van der Waals surface area contributed by atoms with E-state index < -0.39 is 37.2 Å². The minimum atomic E-state index is -4.69. The summed E-state index contributed by atoms with van der Waals surface area (Å²) >= 11 is 6.28. The van der Waals surface area contributed by atoms with Crippen molar-refractivity contribution >= 4 is 55.5 Å². The van der Waals surface area contributed by atoms with Gasteiger partial charge >= 0.3 is 0 Å². The Bertz CT molecular complexity index is 2690. The predicted molar refractivity (Wildman–Crippen MR) is 242 cm³/mol. The number of rotatable bonds is 12. The first-order chi connectivity index (χ1) is 30.4. The van der Waals surface area contributed by atoms with E-state index in [0.29, 0.717) is 42.9 Å². The van der Waals surface area contributed by atoms with Crippen LogP contribution in [0.1, 0.15) is 67.3 Å². The number of amides is 1. The van der Waals surface area contributed by atoms with Gasteiger partial charge in [0.15, 0.2) is 0 Å². The van der Waals surface area contributed by atoms with E-state index >= 15 is 0 Å². The third-order valence-electron chi connectivity index (χ3n) is 13.1. The van der Waals surface area contributed by atoms with E-state index in [1.165, 1.54) is 60.9 Å². The number of sulfonamides is 1. The van der Waals surface area contributed by atoms with E-state index in [0.717, 1.165) is 73.8 Å². The fourth-order valence-corrected chi connectivity index (χ4v) is 10.4. The highest BCUT2D eigenvalue weighted by Gasteiger charge is 2.41. The van der Waals surface area contributed by atoms with E-state index in [4.69, 9.17) is 26.5 Å². The van der Waals surface area contributed by atoms with Crippen LogP contribution in [0.5, 0.6) is 11.5 Å². The average molecular weight is 893 g/mol. The van der Waals surface area contributed by atoms with E-state index in [1.54, 1.807) is 24.4 Å². The number of allylic oxidation sites excluding steroid dienone is 4. The van der Waals surface area contributed by atoms with Crippen LogP contribution in [-0.4, -0.2) is 91.8 Å². The number of pyridine rings is 1. The van der Waals surface area contributed by atoms with Crippen molar-refractivity contribution in [1.82, 2.24) is 24.9 Å². The van der Waals surface area contributed by atoms with Crippen molar-refractivity contribution in [2.45, 2.75) is 57.4 Å². The summed E-state index contributed by atoms with van der Waals surface area (Å²) in [5.74, 6) is -0.561. The molecular formula is C46H49ClN8O7S. The van der Waals surface area contributed by atoms with Gasteiger partial charge in [0.2, 0.25) is 0 Å². The lowest BCUT2D eigenvalue weighted by atomic mass is 9.59. The fraction of sp³-hybridized carbons (Fsp3) is 0.370. The van der Waals surface area contributed by atoms with Gasteiger partial charge < -0.3 is 24.7 Å². The van der Waals surface area contributed by atoms with Crippen LogP contribution in [0, 0.1) is 20.9 Å². The van der Waals surface area contributed by atoms with Crippen LogP contribution in [0.2, 0.25) is 5.02 Å². The van der Waals surface area contributed by atoms with Crippen LogP contribution in [0.25, 0.3) is 16.6 Å². The number of nitrogens with one attached hydrogen (secondary N) is 4. The molecule has 0 atom stereocenters. The zero-order valence-electron chi connectivity index (χ0n) is 34.7. The molecule has 0 radical (unpaired) electrons. The molecule has 2 saturated heterocycles. The zero-order valence-corrected chi connectivity index (χ0v) is 36.3. The molecular weight excluding hydrogens is 844 g/mol. The Hall–Kier alpha value is -5.81. The van der Waals surface area contributed by atoms with Gasteiger partial charge in [-0.1, -0.05) is 35.7 Å². The summed E-state index contributed by atoms with van der Waals surface area (Å²) < 4.78 is 41.5. The molecule has 1 spiro atoms. The number of nitrogens with zero attached hydrogens (tertiary/aromatic N) is 4. The number of H-pyrrole nitrogens is 1. The van der Waals surface area contributed by atoms with Gasteiger partial charge in [0, 0.05) is 98.2 Å². The number of aromatic amines is 1. The third-order valence-corrected chi connectivity index (χ3v) is 14.6. The van der Waals surface area contributed by atoms with Crippen molar-refractivity contribution in [2.75, 3.05) is 50.8 Å². The third kappa shape index (κ3) is 9.30. The minimum Gasteiger partial charge on any atom is -0.455 e. The number of piperazine rings is 1. The van der Waals surface area contributed by atoms with E-state index in [9.17, 15) is 23.3 Å². The maximum Gasteiger partial charge on any atom is 0.296 e. The van der Waals surface area contributed by atoms with Crippen molar-refractivity contribution in [3.05, 3.63) is 133 Å². The number of hydrogen-bond donors (Lipinski definition) is 4. The predicted octanol–water partition coefficient (Wildman–Crippen LogP) is 7.73. The lowest BCUT2D eigenvalue weighted by Gasteiger charge is -2.47. The second-order valence-corrected chi connectivity index (χ2v) is 19.2. The van der Waals surface area contributed by atoms with E-state index in [2.05, 4.69) is 41.9 Å². The van der Waals surface area contributed by atoms with Crippen LogP contribution in [0.3, 0.4) is 0 Å². The monoisotopic (exact) mass is 892 g/mol. The number of fused-ring (bicyclic) bond motifs is 1. The highest BCUT2D eigenvalue weighted by molar-refractivity contribution is 7.94. The summed E-state index contributed by atoms with van der Waals surface area (Å²) in [5, 5.41) is 25.1. The zero-order chi connectivity index (χ0) is 43.7. The summed E-state index contributed by atoms with van der Waals surface area (Å²) in [7, 11) is -4.69. The Morgan fingerprint density at radius 3 is 2.57 bits per heavy atom. The number of ether oxygens (including phenoxy) is 2. The molecule has 3 aliphatic carbocycles. The van der Waals surface area contributed by atoms with Gasteiger partial charge in [0.25, 0.3) is 21.6 Å². The molecule has 9 rings (SSSR count). The number of benzene rings is 2. The van der Waals surface area contributed by atoms with Crippen molar-refractivity contribution in [1.29, 1.82) is 5.41 Å². The quantitative estimate of drug-likeness (QED) is 0.0803. The smallest absolute Gasteiger partial charge is 0.296 e. The van der Waals surface area contributed by atoms with Crippen LogP contribution in [0.4, 0.5) is 5.69 Å². The molecule has 4 heterocycles. The molecule has 3 fully saturated rings. The second kappa shape index (κ2) is 17.8. The number of aromatic nitrogens is 2. The summed E-state index contributed by atoms with van der Waals surface area (Å²) in [5.41, 5.74) is 4.87. The lowest BCUT2D eigenvalue weighted by Crippen LogP contribution is -2.47. The molecule has 1 amide bonds. The number of nitro groups is 1. The Balaban J connectivity index is 0.947. The summed E-state index contributed by atoms with van der Waals surface area (Å²) in [6.07, 6.45) is 15.3. The van der Waals surface area contributed by atoms with Gasteiger partial charge in [-0.15, -0.1) is 0 Å². The highest BCUT2D eigenvalue weighted by atomic mass is 35.5. The molecule has 15 nitrogen and oxygen atoms in total. The molecule has 4 aromatic rings. The standard InChI is InChI=1S/C46H49ClN8O7S/c47-34-4-2-30(3-5-34)40-26-46(12-1-13-46)14-8-32(40)29-53-16-18-54(19-17-53)36-6-7-39(42(24-36)62-37-22-31-9-15-49-44(31)51-28-37)45(56)52-63(59,60)38-23-33(43(48)41(25-38)55(57)58)27-50-35-10-20-61-21-11-35/h2-7,9,15,22-25,27-28,35,48,50H,1,8,10-14,16-21,26,29H2,(H,49,51)(H,52,56)/b33-27-,48-43?. The molecule has 2 aromatic carbocycles. The van der Waals surface area contributed by atoms with Crippen LogP contribution in [0.15, 0.2) is 107 Å². The normalized spacial score (nSPS) is 20.4. The Kier molecular flexibility index (Phi) is 12.0. The molecule has 1 saturated carbocycles. The number of hydrogen-bond acceptors (Lipinski definition) is 12. The highest BCUT2D eigenvalue weighted by Crippen LogP contribution is 2.55. The number of halogens is 1. The van der Waals surface area contributed by atoms with Crippen molar-refractivity contribution in [3.63, 3.8) is 0 Å². The Morgan fingerprint density at radius 2 is 1.84 bits per heavy atom. The van der Waals surface area contributed by atoms with Gasteiger partial charge in [-0.2, -0.15) is 0 Å². The van der Waals surface area contributed by atoms with Gasteiger partial charge in [-0.25, -0.2) is 18.1 Å². The van der Waals surface area contributed by atoms with Crippen molar-refractivity contribution in [3.8, 4) is 11.5 Å². The van der Waals surface area contributed by atoms with Gasteiger partial charge in [0.1, 0.15) is 22.9 Å². The van der Waals surface area contributed by atoms with Crippen molar-refractivity contribution in [2.24, 2.45) is 5.41 Å². The number of carbonyl (C=O) groups excluding carboxylic acids is 1. The van der Waals surface area contributed by atoms with E-state index in [-0.39, 0.29) is 22.9 Å². The van der Waals surface area contributed by atoms with Crippen LogP contribution in [-0.2, 0) is 14.8 Å². The first-order valence-electron chi connectivity index (χ1n) is 21.4. The Labute approximate surface area is 370 Å². The van der Waals surface area contributed by atoms with Gasteiger partial charge in [-0.3, -0.25) is 25.2 Å². The van der Waals surface area contributed by atoms with E-state index in [1.807, 2.05) is 18.2 Å². The SMILES string of the molecule is N=C1C([N+](=O)[O-])=CC(S(=O)(=O)NC(=O)c2ccc(N3CCN(CC4=C(c5ccc(Cl)cc5)CC5(CCC5)CC4)CC3)cc2Oc2cnc3[nH]ccc3c2)=C/C1=C/NC1CCOCC1. The molecule has 2 aromatic heterocycles. The lowest BCUT2D eigenvalue weighted by molar-refractivity contribution is -0.415. The molecule has 63 heavy (non-hydrogen) atoms. The summed E-state index contributed by atoms with van der Waals surface area (Å²) in [6, 6.07) is 16.9. The topological polar surface area (TPSA) is 196 Å². The van der Waals surface area contributed by atoms with Gasteiger partial charge in [-0.05, 0) is 104 Å². The van der Waals surface area contributed by atoms with Crippen LogP contribution >= 0.6 is 11.6 Å². The maximum absolute atomic E-state index is 14.0. The first-order valence-corrected chi connectivity index (χ1v) is 23.3. The molecule has 5 aliphatic rings. The fourth-order valence-electron chi connectivity index (χ4n) is 9.25. The molecule has 0 bridgehead atoms. The second-order valence-electron chi connectivity index (χ2n) is 17.0. The molecule has 17 heteroatoms. The average Bonchev–Trinajstić information content (AvgIpc) is 3.74. The number of anilines is 1. The summed E-state index contributed by atoms with van der Waals surface area (Å²) in [6.45, 7) is 5.05. The number of carbonyl (C=O) groups is 1. The summed E-state index contributed by atoms with van der Waals surface area (Å²) in [4.78, 5) is 36.8. The Morgan fingerprint density at radius 1 is 1.06 bits per heavy atom. The molecule has 0 unspecified atom stereocenters. The molecule has 4 N–H and O–H groups in total. The maximum atomic E-state index is 14.0. The van der Waals surface area contributed by atoms with Crippen molar-refractivity contribution < 1.29 is 27.6 Å². The molecule has 2 aliphatic heterocycles. The van der Waals surface area contributed by atoms with Crippen LogP contribution < -0.4 is 19.7 Å². The minimum absolute atomic E-state index is 0.0100.